The summed E-state index contributed by atoms with van der Waals surface area (Å²) in [6, 6.07) is 4.93. The molecule has 0 aliphatic heterocycles. The molecule has 1 atom stereocenters. The van der Waals surface area contributed by atoms with E-state index in [-0.39, 0.29) is 17.7 Å². The Morgan fingerprint density at radius 1 is 1.38 bits per heavy atom. The van der Waals surface area contributed by atoms with E-state index in [2.05, 4.69) is 10.6 Å². The number of nitrogens with two attached hydrogens (primary N) is 1. The van der Waals surface area contributed by atoms with E-state index < -0.39 is 5.54 Å². The zero-order chi connectivity index (χ0) is 17.9. The Labute approximate surface area is 148 Å². The highest BCUT2D eigenvalue weighted by atomic mass is 35.5. The summed E-state index contributed by atoms with van der Waals surface area (Å²) < 4.78 is 0. The number of nitrogens with one attached hydrogen (secondary N) is 2. The SMILES string of the molecule is CC(C)CC(=O)Nc1ccc(Cl)c(C(=O)NC(C)(CN)C2CC2)c1. The van der Waals surface area contributed by atoms with E-state index in [1.165, 1.54) is 0 Å². The second-order valence-electron chi connectivity index (χ2n) is 7.19. The molecule has 5 nitrogen and oxygen atoms in total. The Morgan fingerprint density at radius 2 is 2.04 bits per heavy atom. The molecule has 132 valence electrons. The summed E-state index contributed by atoms with van der Waals surface area (Å²) >= 11 is 6.17. The summed E-state index contributed by atoms with van der Waals surface area (Å²) in [6.07, 6.45) is 2.58. The molecule has 0 saturated heterocycles. The minimum absolute atomic E-state index is 0.0801. The largest absolute Gasteiger partial charge is 0.345 e. The van der Waals surface area contributed by atoms with Gasteiger partial charge in [0.15, 0.2) is 0 Å². The monoisotopic (exact) mass is 351 g/mol. The van der Waals surface area contributed by atoms with Crippen LogP contribution < -0.4 is 16.4 Å². The molecule has 0 heterocycles. The molecule has 0 radical (unpaired) electrons. The van der Waals surface area contributed by atoms with Crippen molar-refractivity contribution >= 4 is 29.1 Å². The van der Waals surface area contributed by atoms with Crippen molar-refractivity contribution in [1.29, 1.82) is 0 Å². The van der Waals surface area contributed by atoms with Gasteiger partial charge in [-0.25, -0.2) is 0 Å². The van der Waals surface area contributed by atoms with E-state index in [1.54, 1.807) is 18.2 Å². The smallest absolute Gasteiger partial charge is 0.253 e. The Hall–Kier alpha value is -1.59. The highest BCUT2D eigenvalue weighted by molar-refractivity contribution is 6.34. The van der Waals surface area contributed by atoms with Gasteiger partial charge in [-0.2, -0.15) is 0 Å². The fourth-order valence-electron chi connectivity index (χ4n) is 2.73. The molecule has 2 rings (SSSR count). The van der Waals surface area contributed by atoms with Crippen LogP contribution in [0.4, 0.5) is 5.69 Å². The van der Waals surface area contributed by atoms with Crippen molar-refractivity contribution in [2.45, 2.75) is 45.6 Å². The van der Waals surface area contributed by atoms with Crippen LogP contribution in [-0.2, 0) is 4.79 Å². The number of amides is 2. The van der Waals surface area contributed by atoms with Crippen molar-refractivity contribution < 1.29 is 9.59 Å². The third kappa shape index (κ3) is 4.71. The average Bonchev–Trinajstić information content (AvgIpc) is 3.33. The van der Waals surface area contributed by atoms with Crippen LogP contribution in [0.5, 0.6) is 0 Å². The molecule has 0 aromatic heterocycles. The molecule has 2 amide bonds. The molecule has 24 heavy (non-hydrogen) atoms. The third-order valence-electron chi connectivity index (χ3n) is 4.39. The standard InChI is InChI=1S/C18H26ClN3O2/c1-11(2)8-16(23)21-13-6-7-15(19)14(9-13)17(24)22-18(3,10-20)12-4-5-12/h6-7,9,11-12H,4-5,8,10,20H2,1-3H3,(H,21,23)(H,22,24). The number of hydrogen-bond acceptors (Lipinski definition) is 3. The van der Waals surface area contributed by atoms with Gasteiger partial charge in [-0.3, -0.25) is 9.59 Å². The van der Waals surface area contributed by atoms with Crippen LogP contribution in [0.15, 0.2) is 18.2 Å². The maximum absolute atomic E-state index is 12.6. The van der Waals surface area contributed by atoms with E-state index in [0.717, 1.165) is 12.8 Å². The molecule has 1 saturated carbocycles. The van der Waals surface area contributed by atoms with Crippen molar-refractivity contribution in [2.75, 3.05) is 11.9 Å². The topological polar surface area (TPSA) is 84.2 Å². The van der Waals surface area contributed by atoms with E-state index in [0.29, 0.717) is 35.2 Å². The van der Waals surface area contributed by atoms with Crippen LogP contribution in [0.3, 0.4) is 0 Å². The highest BCUT2D eigenvalue weighted by Gasteiger charge is 2.41. The zero-order valence-electron chi connectivity index (χ0n) is 14.5. The second kappa shape index (κ2) is 7.53. The van der Waals surface area contributed by atoms with Crippen molar-refractivity contribution in [3.63, 3.8) is 0 Å². The number of hydrogen-bond donors (Lipinski definition) is 3. The van der Waals surface area contributed by atoms with Gasteiger partial charge >= 0.3 is 0 Å². The van der Waals surface area contributed by atoms with E-state index in [9.17, 15) is 9.59 Å². The van der Waals surface area contributed by atoms with Gasteiger partial charge in [0.25, 0.3) is 5.91 Å². The van der Waals surface area contributed by atoms with Crippen molar-refractivity contribution in [3.05, 3.63) is 28.8 Å². The number of anilines is 1. The van der Waals surface area contributed by atoms with Gasteiger partial charge in [0.2, 0.25) is 5.91 Å². The number of carbonyl (C=O) groups excluding carboxylic acids is 2. The summed E-state index contributed by atoms with van der Waals surface area (Å²) in [5.41, 5.74) is 6.34. The van der Waals surface area contributed by atoms with Crippen molar-refractivity contribution in [2.24, 2.45) is 17.6 Å². The van der Waals surface area contributed by atoms with Crippen LogP contribution in [-0.4, -0.2) is 23.9 Å². The maximum Gasteiger partial charge on any atom is 0.253 e. The lowest BCUT2D eigenvalue weighted by molar-refractivity contribution is -0.116. The van der Waals surface area contributed by atoms with Gasteiger partial charge in [-0.1, -0.05) is 25.4 Å². The summed E-state index contributed by atoms with van der Waals surface area (Å²) in [5, 5.41) is 6.17. The molecule has 1 aromatic rings. The molecule has 1 aliphatic carbocycles. The molecule has 1 aromatic carbocycles. The Bertz CT molecular complexity index is 629. The van der Waals surface area contributed by atoms with E-state index >= 15 is 0 Å². The van der Waals surface area contributed by atoms with Crippen LogP contribution in [0.2, 0.25) is 5.02 Å². The Morgan fingerprint density at radius 3 is 2.58 bits per heavy atom. The fourth-order valence-corrected chi connectivity index (χ4v) is 2.93. The average molecular weight is 352 g/mol. The first-order valence-electron chi connectivity index (χ1n) is 8.37. The fraction of sp³-hybridized carbons (Fsp3) is 0.556. The minimum atomic E-state index is -0.419. The molecular formula is C18H26ClN3O2. The van der Waals surface area contributed by atoms with Crippen molar-refractivity contribution in [1.82, 2.24) is 5.32 Å². The van der Waals surface area contributed by atoms with Gasteiger partial charge in [-0.05, 0) is 49.8 Å². The van der Waals surface area contributed by atoms with Crippen LogP contribution in [0.1, 0.15) is 50.4 Å². The lowest BCUT2D eigenvalue weighted by Crippen LogP contribution is -2.53. The Kier molecular flexibility index (Phi) is 5.88. The van der Waals surface area contributed by atoms with Gasteiger partial charge < -0.3 is 16.4 Å². The third-order valence-corrected chi connectivity index (χ3v) is 4.72. The summed E-state index contributed by atoms with van der Waals surface area (Å²) in [6.45, 7) is 6.30. The normalized spacial score (nSPS) is 16.6. The molecule has 1 unspecified atom stereocenters. The molecule has 1 aliphatic rings. The van der Waals surface area contributed by atoms with Gasteiger partial charge in [0.05, 0.1) is 16.1 Å². The summed E-state index contributed by atoms with van der Waals surface area (Å²) in [5.74, 6) is 0.339. The van der Waals surface area contributed by atoms with E-state index in [1.807, 2.05) is 20.8 Å². The lowest BCUT2D eigenvalue weighted by Gasteiger charge is -2.29. The van der Waals surface area contributed by atoms with Crippen molar-refractivity contribution in [3.8, 4) is 0 Å². The predicted octanol–water partition coefficient (Wildman–Crippen LogP) is 3.18. The lowest BCUT2D eigenvalue weighted by atomic mass is 9.95. The molecule has 4 N–H and O–H groups in total. The molecule has 1 fully saturated rings. The summed E-state index contributed by atoms with van der Waals surface area (Å²) in [4.78, 5) is 24.5. The highest BCUT2D eigenvalue weighted by Crippen LogP contribution is 2.39. The van der Waals surface area contributed by atoms with E-state index in [4.69, 9.17) is 17.3 Å². The van der Waals surface area contributed by atoms with Crippen LogP contribution in [0, 0.1) is 11.8 Å². The predicted molar refractivity (Wildman–Crippen MR) is 97.2 cm³/mol. The van der Waals surface area contributed by atoms with Gasteiger partial charge in [0, 0.05) is 18.7 Å². The zero-order valence-corrected chi connectivity index (χ0v) is 15.2. The van der Waals surface area contributed by atoms with Crippen LogP contribution >= 0.6 is 11.6 Å². The van der Waals surface area contributed by atoms with Crippen LogP contribution in [0.25, 0.3) is 0 Å². The Balaban J connectivity index is 2.12. The maximum atomic E-state index is 12.6. The van der Waals surface area contributed by atoms with Gasteiger partial charge in [-0.15, -0.1) is 0 Å². The second-order valence-corrected chi connectivity index (χ2v) is 7.60. The minimum Gasteiger partial charge on any atom is -0.345 e. The first-order valence-corrected chi connectivity index (χ1v) is 8.75. The quantitative estimate of drug-likeness (QED) is 0.705. The number of carbonyl (C=O) groups is 2. The summed E-state index contributed by atoms with van der Waals surface area (Å²) in [7, 11) is 0. The molecule has 0 bridgehead atoms. The van der Waals surface area contributed by atoms with Gasteiger partial charge in [0.1, 0.15) is 0 Å². The molecule has 6 heteroatoms. The molecular weight excluding hydrogens is 326 g/mol. The number of benzene rings is 1. The number of rotatable bonds is 7. The number of halogens is 1. The first-order chi connectivity index (χ1) is 11.2. The first kappa shape index (κ1) is 18.7. The molecule has 0 spiro atoms.